The Labute approximate surface area is 143 Å². The van der Waals surface area contributed by atoms with Crippen molar-refractivity contribution in [3.63, 3.8) is 0 Å². The quantitative estimate of drug-likeness (QED) is 0.685. The Bertz CT molecular complexity index is 664. The Morgan fingerprint density at radius 3 is 3.00 bits per heavy atom. The number of halogens is 1. The molecule has 0 radical (unpaired) electrons. The number of rotatable bonds is 5. The molecule has 1 fully saturated rings. The minimum atomic E-state index is -1.08. The van der Waals surface area contributed by atoms with Gasteiger partial charge in [-0.25, -0.2) is 4.39 Å². The molecule has 24 heavy (non-hydrogen) atoms. The van der Waals surface area contributed by atoms with Gasteiger partial charge >= 0.3 is 0 Å². The maximum absolute atomic E-state index is 13.1. The lowest BCUT2D eigenvalue weighted by Gasteiger charge is -2.31. The lowest BCUT2D eigenvalue weighted by atomic mass is 9.89. The van der Waals surface area contributed by atoms with Crippen LogP contribution in [0, 0.1) is 29.0 Å². The van der Waals surface area contributed by atoms with E-state index in [1.807, 2.05) is 0 Å². The van der Waals surface area contributed by atoms with Crippen LogP contribution in [0.2, 0.25) is 0 Å². The van der Waals surface area contributed by atoms with E-state index in [0.717, 1.165) is 0 Å². The van der Waals surface area contributed by atoms with Gasteiger partial charge < -0.3 is 15.7 Å². The second-order valence-corrected chi connectivity index (χ2v) is 6.48. The van der Waals surface area contributed by atoms with E-state index in [1.165, 1.54) is 30.0 Å². The van der Waals surface area contributed by atoms with E-state index >= 15 is 0 Å². The Hall–Kier alpha value is -2.11. The topological polar surface area (TPSA) is 102 Å². The number of nitriles is 1. The number of nitrogens with one attached hydrogen (secondary N) is 2. The number of carbonyl (C=O) groups is 2. The highest BCUT2D eigenvalue weighted by Crippen LogP contribution is 2.27. The fourth-order valence-electron chi connectivity index (χ4n) is 2.55. The number of amides is 2. The Morgan fingerprint density at radius 2 is 2.38 bits per heavy atom. The van der Waals surface area contributed by atoms with E-state index in [0.29, 0.717) is 5.56 Å². The van der Waals surface area contributed by atoms with Crippen LogP contribution in [0.15, 0.2) is 24.3 Å². The average molecular weight is 351 g/mol. The predicted octanol–water partition coefficient (Wildman–Crippen LogP) is 0.940. The molecule has 4 unspecified atom stereocenters. The molecule has 0 aliphatic carbocycles. The molecular weight excluding hydrogens is 333 g/mol. The standard InChI is InChI=1S/C16H18FN3O3S/c1-24-16-10(7-18)6-12(15(23)20-16)14(22)19-8-13(21)9-3-2-4-11(17)5-9/h2-5,10,12-13,16,21H,6,8H2,1H3,(H,19,22)(H,20,23). The van der Waals surface area contributed by atoms with Gasteiger partial charge in [-0.3, -0.25) is 9.59 Å². The lowest BCUT2D eigenvalue weighted by molar-refractivity contribution is -0.138. The second kappa shape index (κ2) is 8.13. The molecule has 128 valence electrons. The molecule has 1 aliphatic rings. The van der Waals surface area contributed by atoms with Gasteiger partial charge in [0.2, 0.25) is 11.8 Å². The van der Waals surface area contributed by atoms with Crippen molar-refractivity contribution in [3.05, 3.63) is 35.6 Å². The van der Waals surface area contributed by atoms with Crippen molar-refractivity contribution in [2.24, 2.45) is 11.8 Å². The highest BCUT2D eigenvalue weighted by Gasteiger charge is 2.39. The van der Waals surface area contributed by atoms with Crippen molar-refractivity contribution in [2.45, 2.75) is 17.9 Å². The van der Waals surface area contributed by atoms with Crippen molar-refractivity contribution >= 4 is 23.6 Å². The van der Waals surface area contributed by atoms with E-state index in [-0.39, 0.29) is 18.3 Å². The molecule has 0 spiro atoms. The van der Waals surface area contributed by atoms with Gasteiger partial charge in [-0.05, 0) is 30.4 Å². The molecule has 8 heteroatoms. The normalized spacial score (nSPS) is 24.6. The summed E-state index contributed by atoms with van der Waals surface area (Å²) in [6.45, 7) is -0.144. The summed E-state index contributed by atoms with van der Waals surface area (Å²) in [5.41, 5.74) is 0.334. The number of aliphatic hydroxyl groups excluding tert-OH is 1. The molecule has 2 amide bonds. The zero-order valence-corrected chi connectivity index (χ0v) is 13.8. The minimum Gasteiger partial charge on any atom is -0.387 e. The molecule has 1 aromatic carbocycles. The predicted molar refractivity (Wildman–Crippen MR) is 87.0 cm³/mol. The van der Waals surface area contributed by atoms with Crippen molar-refractivity contribution in [3.8, 4) is 6.07 Å². The number of hydrogen-bond acceptors (Lipinski definition) is 5. The summed E-state index contributed by atoms with van der Waals surface area (Å²) in [6, 6.07) is 7.54. The second-order valence-electron chi connectivity index (χ2n) is 5.50. The van der Waals surface area contributed by atoms with E-state index in [4.69, 9.17) is 5.26 Å². The number of nitrogens with zero attached hydrogens (tertiary/aromatic N) is 1. The molecule has 1 aliphatic heterocycles. The summed E-state index contributed by atoms with van der Waals surface area (Å²) in [7, 11) is 0. The van der Waals surface area contributed by atoms with Crippen LogP contribution in [0.5, 0.6) is 0 Å². The van der Waals surface area contributed by atoms with Crippen molar-refractivity contribution in [1.82, 2.24) is 10.6 Å². The van der Waals surface area contributed by atoms with Gasteiger partial charge in [0.1, 0.15) is 11.7 Å². The largest absolute Gasteiger partial charge is 0.387 e. The van der Waals surface area contributed by atoms with Crippen molar-refractivity contribution in [1.29, 1.82) is 5.26 Å². The van der Waals surface area contributed by atoms with Crippen LogP contribution >= 0.6 is 11.8 Å². The first-order chi connectivity index (χ1) is 11.5. The van der Waals surface area contributed by atoms with Crippen molar-refractivity contribution in [2.75, 3.05) is 12.8 Å². The van der Waals surface area contributed by atoms with Crippen LogP contribution in [0.3, 0.4) is 0 Å². The molecule has 3 N–H and O–H groups in total. The van der Waals surface area contributed by atoms with Crippen LogP contribution in [0.1, 0.15) is 18.1 Å². The SMILES string of the molecule is CSC1NC(=O)C(C(=O)NCC(O)c2cccc(F)c2)CC1C#N. The lowest BCUT2D eigenvalue weighted by Crippen LogP contribution is -2.52. The third-order valence-electron chi connectivity index (χ3n) is 3.90. The van der Waals surface area contributed by atoms with Crippen LogP contribution in [0.4, 0.5) is 4.39 Å². The average Bonchev–Trinajstić information content (AvgIpc) is 2.58. The van der Waals surface area contributed by atoms with Crippen LogP contribution < -0.4 is 10.6 Å². The number of carbonyl (C=O) groups excluding carboxylic acids is 2. The van der Waals surface area contributed by atoms with Gasteiger partial charge in [0.05, 0.1) is 23.5 Å². The summed E-state index contributed by atoms with van der Waals surface area (Å²) < 4.78 is 13.1. The highest BCUT2D eigenvalue weighted by molar-refractivity contribution is 7.99. The molecular formula is C16H18FN3O3S. The molecule has 1 aromatic rings. The Morgan fingerprint density at radius 1 is 1.62 bits per heavy atom. The highest BCUT2D eigenvalue weighted by atomic mass is 32.2. The smallest absolute Gasteiger partial charge is 0.233 e. The molecule has 0 saturated carbocycles. The molecule has 1 saturated heterocycles. The Kier molecular flexibility index (Phi) is 6.17. The molecule has 0 bridgehead atoms. The number of aliphatic hydroxyl groups is 1. The number of hydrogen-bond donors (Lipinski definition) is 3. The zero-order chi connectivity index (χ0) is 17.7. The first-order valence-electron chi connectivity index (χ1n) is 7.40. The maximum Gasteiger partial charge on any atom is 0.233 e. The fraction of sp³-hybridized carbons (Fsp3) is 0.438. The molecule has 0 aromatic heterocycles. The first kappa shape index (κ1) is 18.2. The molecule has 1 heterocycles. The van der Waals surface area contributed by atoms with Gasteiger partial charge in [0.25, 0.3) is 0 Å². The number of piperidine rings is 1. The van der Waals surface area contributed by atoms with Gasteiger partial charge in [-0.2, -0.15) is 5.26 Å². The summed E-state index contributed by atoms with van der Waals surface area (Å²) in [6.07, 6.45) is 0.836. The third kappa shape index (κ3) is 4.24. The van der Waals surface area contributed by atoms with Gasteiger partial charge in [0, 0.05) is 6.54 Å². The van der Waals surface area contributed by atoms with E-state index in [1.54, 1.807) is 12.3 Å². The van der Waals surface area contributed by atoms with E-state index < -0.39 is 35.6 Å². The maximum atomic E-state index is 13.1. The summed E-state index contributed by atoms with van der Waals surface area (Å²) in [5, 5.41) is 24.0. The van der Waals surface area contributed by atoms with Crippen molar-refractivity contribution < 1.29 is 19.1 Å². The monoisotopic (exact) mass is 351 g/mol. The molecule has 4 atom stereocenters. The fourth-order valence-corrected chi connectivity index (χ4v) is 3.28. The summed E-state index contributed by atoms with van der Waals surface area (Å²) in [4.78, 5) is 24.2. The van der Waals surface area contributed by atoms with Crippen LogP contribution in [-0.2, 0) is 9.59 Å². The van der Waals surface area contributed by atoms with E-state index in [9.17, 15) is 19.1 Å². The third-order valence-corrected chi connectivity index (χ3v) is 4.85. The van der Waals surface area contributed by atoms with Gasteiger partial charge in [0.15, 0.2) is 0 Å². The number of thioether (sulfide) groups is 1. The minimum absolute atomic E-state index is 0.135. The van der Waals surface area contributed by atoms with Crippen LogP contribution in [0.25, 0.3) is 0 Å². The number of benzene rings is 1. The summed E-state index contributed by atoms with van der Waals surface area (Å²) in [5.74, 6) is -2.90. The van der Waals surface area contributed by atoms with Crippen LogP contribution in [-0.4, -0.2) is 35.1 Å². The van der Waals surface area contributed by atoms with Gasteiger partial charge in [-0.1, -0.05) is 12.1 Å². The molecule has 6 nitrogen and oxygen atoms in total. The molecule has 2 rings (SSSR count). The zero-order valence-electron chi connectivity index (χ0n) is 13.0. The first-order valence-corrected chi connectivity index (χ1v) is 8.69. The van der Waals surface area contributed by atoms with E-state index in [2.05, 4.69) is 16.7 Å². The Balaban J connectivity index is 1.94. The summed E-state index contributed by atoms with van der Waals surface area (Å²) >= 11 is 1.35. The van der Waals surface area contributed by atoms with Gasteiger partial charge in [-0.15, -0.1) is 11.8 Å².